The van der Waals surface area contributed by atoms with Gasteiger partial charge in [-0.3, -0.25) is 9.59 Å². The maximum atomic E-state index is 13.0. The number of ether oxygens (including phenoxy) is 1. The summed E-state index contributed by atoms with van der Waals surface area (Å²) in [5.41, 5.74) is -0.000115. The molecule has 0 bridgehead atoms. The van der Waals surface area contributed by atoms with Crippen molar-refractivity contribution in [1.82, 2.24) is 25.1 Å². The number of halogens is 3. The van der Waals surface area contributed by atoms with Gasteiger partial charge in [0.2, 0.25) is 0 Å². The molecule has 164 valence electrons. The molecule has 30 heavy (non-hydrogen) atoms. The van der Waals surface area contributed by atoms with E-state index in [-0.39, 0.29) is 17.5 Å². The summed E-state index contributed by atoms with van der Waals surface area (Å²) < 4.78 is 45.0. The summed E-state index contributed by atoms with van der Waals surface area (Å²) in [4.78, 5) is 26.0. The second-order valence-electron chi connectivity index (χ2n) is 7.11. The number of hydrogen-bond acceptors (Lipinski definition) is 7. The molecule has 0 radical (unpaired) electrons. The zero-order valence-electron chi connectivity index (χ0n) is 16.6. The first kappa shape index (κ1) is 21.8. The second kappa shape index (κ2) is 8.84. The molecule has 3 heterocycles. The van der Waals surface area contributed by atoms with E-state index >= 15 is 0 Å². The number of nitrogens with zero attached hydrogens (tertiary/aromatic N) is 5. The molecule has 12 heteroatoms. The second-order valence-corrected chi connectivity index (χ2v) is 7.11. The van der Waals surface area contributed by atoms with Crippen LogP contribution in [0.1, 0.15) is 38.9 Å². The van der Waals surface area contributed by atoms with E-state index in [0.717, 1.165) is 6.42 Å². The van der Waals surface area contributed by atoms with E-state index in [1.807, 2.05) is 6.92 Å². The highest BCUT2D eigenvalue weighted by Gasteiger charge is 2.38. The Morgan fingerprint density at radius 2 is 1.97 bits per heavy atom. The average Bonchev–Trinajstić information content (AvgIpc) is 3.15. The third-order valence-corrected chi connectivity index (χ3v) is 4.87. The van der Waals surface area contributed by atoms with Gasteiger partial charge in [0.05, 0.1) is 5.92 Å². The highest BCUT2D eigenvalue weighted by atomic mass is 19.4. The molecule has 0 aromatic carbocycles. The van der Waals surface area contributed by atoms with Gasteiger partial charge in [0.1, 0.15) is 5.82 Å². The van der Waals surface area contributed by atoms with Crippen molar-refractivity contribution >= 4 is 23.3 Å². The van der Waals surface area contributed by atoms with E-state index in [2.05, 4.69) is 20.6 Å². The Hall–Kier alpha value is -2.92. The van der Waals surface area contributed by atoms with Crippen molar-refractivity contribution in [2.24, 2.45) is 5.92 Å². The maximum absolute atomic E-state index is 13.0. The van der Waals surface area contributed by atoms with Crippen LogP contribution in [-0.2, 0) is 20.5 Å². The summed E-state index contributed by atoms with van der Waals surface area (Å²) in [6.45, 7) is 4.79. The molecule has 9 nitrogen and oxygen atoms in total. The van der Waals surface area contributed by atoms with Crippen LogP contribution in [0.2, 0.25) is 0 Å². The van der Waals surface area contributed by atoms with Crippen molar-refractivity contribution in [2.45, 2.75) is 45.4 Å². The number of rotatable bonds is 6. The monoisotopic (exact) mass is 428 g/mol. The minimum atomic E-state index is -4.66. The zero-order chi connectivity index (χ0) is 21.9. The lowest BCUT2D eigenvalue weighted by Crippen LogP contribution is -2.41. The molecule has 1 aliphatic heterocycles. The number of aromatic nitrogens is 4. The summed E-state index contributed by atoms with van der Waals surface area (Å²) in [7, 11) is 0. The number of carbonyl (C=O) groups excluding carboxylic acids is 2. The largest absolute Gasteiger partial charge is 0.453 e. The zero-order valence-corrected chi connectivity index (χ0v) is 16.6. The third-order valence-electron chi connectivity index (χ3n) is 4.87. The molecule has 0 spiro atoms. The van der Waals surface area contributed by atoms with Crippen LogP contribution < -0.4 is 10.2 Å². The molecule has 1 amide bonds. The van der Waals surface area contributed by atoms with Crippen molar-refractivity contribution in [3.05, 3.63) is 18.0 Å². The Labute approximate surface area is 170 Å². The van der Waals surface area contributed by atoms with E-state index in [0.29, 0.717) is 42.8 Å². The van der Waals surface area contributed by atoms with Crippen LogP contribution in [0, 0.1) is 5.92 Å². The molecule has 0 aliphatic carbocycles. The summed E-state index contributed by atoms with van der Waals surface area (Å²) in [5, 5.41) is 13.3. The van der Waals surface area contributed by atoms with Gasteiger partial charge in [-0.15, -0.1) is 15.3 Å². The van der Waals surface area contributed by atoms with Gasteiger partial charge in [-0.2, -0.15) is 17.7 Å². The number of carbonyl (C=O) groups is 2. The fraction of sp³-hybridized carbons (Fsp3) is 0.611. The van der Waals surface area contributed by atoms with Crippen molar-refractivity contribution < 1.29 is 27.5 Å². The number of fused-ring (bicyclic) bond motifs is 1. The van der Waals surface area contributed by atoms with Crippen LogP contribution >= 0.6 is 0 Å². The highest BCUT2D eigenvalue weighted by molar-refractivity contribution is 5.84. The number of piperidine rings is 1. The fourth-order valence-corrected chi connectivity index (χ4v) is 3.18. The number of anilines is 1. The summed E-state index contributed by atoms with van der Waals surface area (Å²) in [6, 6.07) is 2.99. The fourth-order valence-electron chi connectivity index (χ4n) is 3.18. The molecule has 1 N–H and O–H groups in total. The smallest absolute Gasteiger partial charge is 0.452 e. The van der Waals surface area contributed by atoms with Crippen molar-refractivity contribution in [3.8, 4) is 0 Å². The Bertz CT molecular complexity index is 908. The van der Waals surface area contributed by atoms with Gasteiger partial charge in [-0.25, -0.2) is 0 Å². The molecule has 3 rings (SSSR count). The molecule has 0 saturated carbocycles. The quantitative estimate of drug-likeness (QED) is 0.701. The van der Waals surface area contributed by atoms with E-state index in [9.17, 15) is 22.8 Å². The Morgan fingerprint density at radius 1 is 1.27 bits per heavy atom. The van der Waals surface area contributed by atoms with Crippen molar-refractivity contribution in [1.29, 1.82) is 0 Å². The van der Waals surface area contributed by atoms with Gasteiger partial charge in [-0.1, -0.05) is 6.92 Å². The predicted molar refractivity (Wildman–Crippen MR) is 99.6 cm³/mol. The molecule has 1 atom stereocenters. The summed E-state index contributed by atoms with van der Waals surface area (Å²) in [5.74, 6) is -2.02. The summed E-state index contributed by atoms with van der Waals surface area (Å²) >= 11 is 0. The first-order chi connectivity index (χ1) is 14.2. The summed E-state index contributed by atoms with van der Waals surface area (Å²) in [6.07, 6.45) is -3.88. The number of alkyl halides is 3. The Kier molecular flexibility index (Phi) is 6.42. The van der Waals surface area contributed by atoms with Gasteiger partial charge < -0.3 is 15.0 Å². The molecule has 1 aliphatic rings. The van der Waals surface area contributed by atoms with E-state index < -0.39 is 24.1 Å². The first-order valence-electron chi connectivity index (χ1n) is 9.73. The molecular formula is C18H23F3N6O3. The van der Waals surface area contributed by atoms with E-state index in [1.54, 1.807) is 11.0 Å². The maximum Gasteiger partial charge on any atom is 0.453 e. The van der Waals surface area contributed by atoms with E-state index in [1.165, 1.54) is 13.0 Å². The van der Waals surface area contributed by atoms with Crippen LogP contribution in [0.5, 0.6) is 0 Å². The minimum absolute atomic E-state index is 0.000115. The molecule has 2 aromatic heterocycles. The lowest BCUT2D eigenvalue weighted by atomic mass is 9.97. The van der Waals surface area contributed by atoms with E-state index in [4.69, 9.17) is 4.74 Å². The van der Waals surface area contributed by atoms with Gasteiger partial charge in [-0.05, 0) is 38.3 Å². The Balaban J connectivity index is 1.60. The van der Waals surface area contributed by atoms with Crippen molar-refractivity contribution in [2.75, 3.05) is 24.5 Å². The Morgan fingerprint density at radius 3 is 2.60 bits per heavy atom. The van der Waals surface area contributed by atoms with Gasteiger partial charge >= 0.3 is 12.1 Å². The van der Waals surface area contributed by atoms with Crippen LogP contribution in [0.15, 0.2) is 12.1 Å². The lowest BCUT2D eigenvalue weighted by Gasteiger charge is -2.32. The minimum Gasteiger partial charge on any atom is -0.452 e. The lowest BCUT2D eigenvalue weighted by molar-refractivity contribution is -0.159. The number of amides is 1. The molecular weight excluding hydrogens is 405 g/mol. The molecule has 1 fully saturated rings. The molecule has 1 unspecified atom stereocenters. The standard InChI is InChI=1S/C18H23F3N6O3/c1-3-8-22-15(28)11(2)30-16(29)12-6-9-26(10-7-12)14-5-4-13-23-24-17(18(19,20)21)27(13)25-14/h4-5,11-12H,3,6-10H2,1-2H3,(H,22,28). The normalized spacial score (nSPS) is 16.5. The van der Waals surface area contributed by atoms with Crippen LogP contribution in [0.4, 0.5) is 19.0 Å². The first-order valence-corrected chi connectivity index (χ1v) is 9.73. The molecule has 1 saturated heterocycles. The highest BCUT2D eigenvalue weighted by Crippen LogP contribution is 2.29. The van der Waals surface area contributed by atoms with Crippen LogP contribution in [0.25, 0.3) is 5.65 Å². The topological polar surface area (TPSA) is 102 Å². The number of nitrogens with one attached hydrogen (secondary N) is 1. The average molecular weight is 428 g/mol. The van der Waals surface area contributed by atoms with Gasteiger partial charge in [0.15, 0.2) is 11.8 Å². The number of esters is 1. The third kappa shape index (κ3) is 4.79. The molecule has 2 aromatic rings. The van der Waals surface area contributed by atoms with Crippen LogP contribution in [0.3, 0.4) is 0 Å². The number of hydrogen-bond donors (Lipinski definition) is 1. The predicted octanol–water partition coefficient (Wildman–Crippen LogP) is 1.82. The van der Waals surface area contributed by atoms with Crippen molar-refractivity contribution in [3.63, 3.8) is 0 Å². The SMILES string of the molecule is CCCNC(=O)C(C)OC(=O)C1CCN(c2ccc3nnc(C(F)(F)F)n3n2)CC1. The van der Waals surface area contributed by atoms with Crippen LogP contribution in [-0.4, -0.2) is 57.4 Å². The van der Waals surface area contributed by atoms with Gasteiger partial charge in [0.25, 0.3) is 11.7 Å². The van der Waals surface area contributed by atoms with Gasteiger partial charge in [0, 0.05) is 19.6 Å².